The molecule has 4 nitrogen and oxygen atoms in total. The zero-order valence-corrected chi connectivity index (χ0v) is 10.5. The summed E-state index contributed by atoms with van der Waals surface area (Å²) in [5.74, 6) is -0.966. The fourth-order valence-corrected chi connectivity index (χ4v) is 2.34. The Bertz CT molecular complexity index is 538. The van der Waals surface area contributed by atoms with Gasteiger partial charge in [0.2, 0.25) is 0 Å². The molecule has 4 N–H and O–H groups in total. The molecule has 5 heteroatoms. The minimum atomic E-state index is -0.966. The lowest BCUT2D eigenvalue weighted by molar-refractivity contribution is 0.0697. The third-order valence-corrected chi connectivity index (χ3v) is 3.34. The molecule has 0 bridgehead atoms. The number of nitrogens with one attached hydrogen (secondary N) is 1. The number of rotatable bonds is 5. The number of benzene rings is 1. The highest BCUT2D eigenvalue weighted by molar-refractivity contribution is 7.07. The molecule has 18 heavy (non-hydrogen) atoms. The number of nitrogens with two attached hydrogens (primary N) is 1. The highest BCUT2D eigenvalue weighted by atomic mass is 32.1. The lowest BCUT2D eigenvalue weighted by Gasteiger charge is -2.09. The van der Waals surface area contributed by atoms with Gasteiger partial charge in [-0.05, 0) is 47.0 Å². The molecule has 2 rings (SSSR count). The van der Waals surface area contributed by atoms with Crippen LogP contribution >= 0.6 is 11.3 Å². The van der Waals surface area contributed by atoms with Gasteiger partial charge in [-0.25, -0.2) is 4.79 Å². The summed E-state index contributed by atoms with van der Waals surface area (Å²) < 4.78 is 0. The van der Waals surface area contributed by atoms with Crippen molar-refractivity contribution < 1.29 is 9.90 Å². The summed E-state index contributed by atoms with van der Waals surface area (Å²) in [6, 6.07) is 6.80. The molecule has 0 aliphatic carbocycles. The standard InChI is InChI=1S/C13H14N2O2S/c14-11-7-10(13(16)17)1-2-12(11)15-5-3-9-4-6-18-8-9/h1-2,4,6-8,15H,3,5,14H2,(H,16,17). The van der Waals surface area contributed by atoms with Gasteiger partial charge >= 0.3 is 5.97 Å². The summed E-state index contributed by atoms with van der Waals surface area (Å²) in [5.41, 5.74) is 8.52. The highest BCUT2D eigenvalue weighted by Gasteiger charge is 2.05. The molecule has 0 saturated heterocycles. The number of carbonyl (C=O) groups is 1. The molecule has 0 aliphatic rings. The van der Waals surface area contributed by atoms with Crippen molar-refractivity contribution in [3.8, 4) is 0 Å². The number of nitrogen functional groups attached to an aromatic ring is 1. The van der Waals surface area contributed by atoms with E-state index < -0.39 is 5.97 Å². The number of carboxylic acids is 1. The van der Waals surface area contributed by atoms with Crippen LogP contribution in [0.25, 0.3) is 0 Å². The molecule has 1 heterocycles. The van der Waals surface area contributed by atoms with Crippen molar-refractivity contribution in [1.29, 1.82) is 0 Å². The Morgan fingerprint density at radius 2 is 2.22 bits per heavy atom. The molecule has 0 unspecified atom stereocenters. The molecular formula is C13H14N2O2S. The van der Waals surface area contributed by atoms with Crippen LogP contribution < -0.4 is 11.1 Å². The van der Waals surface area contributed by atoms with E-state index in [0.29, 0.717) is 5.69 Å². The van der Waals surface area contributed by atoms with E-state index in [1.807, 2.05) is 5.38 Å². The van der Waals surface area contributed by atoms with Gasteiger partial charge in [0.1, 0.15) is 0 Å². The Morgan fingerprint density at radius 3 is 2.83 bits per heavy atom. The van der Waals surface area contributed by atoms with Gasteiger partial charge in [0, 0.05) is 6.54 Å². The molecule has 0 spiro atoms. The van der Waals surface area contributed by atoms with E-state index in [1.165, 1.54) is 11.6 Å². The van der Waals surface area contributed by atoms with Crippen LogP contribution in [0.5, 0.6) is 0 Å². The summed E-state index contributed by atoms with van der Waals surface area (Å²) in [5, 5.41) is 16.2. The van der Waals surface area contributed by atoms with E-state index in [1.54, 1.807) is 23.5 Å². The first-order valence-electron chi connectivity index (χ1n) is 5.54. The second-order valence-electron chi connectivity index (χ2n) is 3.92. The van der Waals surface area contributed by atoms with E-state index in [0.717, 1.165) is 18.7 Å². The van der Waals surface area contributed by atoms with E-state index >= 15 is 0 Å². The molecule has 0 fully saturated rings. The second kappa shape index (κ2) is 5.55. The smallest absolute Gasteiger partial charge is 0.335 e. The van der Waals surface area contributed by atoms with Crippen molar-refractivity contribution in [1.82, 2.24) is 0 Å². The van der Waals surface area contributed by atoms with Crippen LogP contribution in [0.1, 0.15) is 15.9 Å². The van der Waals surface area contributed by atoms with Crippen LogP contribution in [0.15, 0.2) is 35.0 Å². The SMILES string of the molecule is Nc1cc(C(=O)O)ccc1NCCc1ccsc1. The normalized spacial score (nSPS) is 10.2. The summed E-state index contributed by atoms with van der Waals surface area (Å²) in [7, 11) is 0. The quantitative estimate of drug-likeness (QED) is 0.724. The number of carboxylic acid groups (broad SMARTS) is 1. The Balaban J connectivity index is 1.95. The summed E-state index contributed by atoms with van der Waals surface area (Å²) in [6.45, 7) is 0.771. The maximum Gasteiger partial charge on any atom is 0.335 e. The van der Waals surface area contributed by atoms with E-state index in [9.17, 15) is 4.79 Å². The fraction of sp³-hybridized carbons (Fsp3) is 0.154. The lowest BCUT2D eigenvalue weighted by Crippen LogP contribution is -2.07. The van der Waals surface area contributed by atoms with Gasteiger partial charge in [-0.2, -0.15) is 11.3 Å². The molecule has 2 aromatic rings. The minimum Gasteiger partial charge on any atom is -0.478 e. The van der Waals surface area contributed by atoms with Gasteiger partial charge in [-0.15, -0.1) is 0 Å². The molecule has 0 aliphatic heterocycles. The van der Waals surface area contributed by atoms with Crippen LogP contribution in [-0.2, 0) is 6.42 Å². The van der Waals surface area contributed by atoms with E-state index in [2.05, 4.69) is 16.8 Å². The maximum atomic E-state index is 10.8. The van der Waals surface area contributed by atoms with Gasteiger partial charge in [-0.1, -0.05) is 0 Å². The maximum absolute atomic E-state index is 10.8. The average molecular weight is 262 g/mol. The first-order chi connectivity index (χ1) is 8.66. The van der Waals surface area contributed by atoms with Crippen LogP contribution in [0, 0.1) is 0 Å². The summed E-state index contributed by atoms with van der Waals surface area (Å²) >= 11 is 1.68. The number of hydrogen-bond acceptors (Lipinski definition) is 4. The Hall–Kier alpha value is -2.01. The molecule has 0 radical (unpaired) electrons. The van der Waals surface area contributed by atoms with Gasteiger partial charge in [0.25, 0.3) is 0 Å². The number of thiophene rings is 1. The van der Waals surface area contributed by atoms with Gasteiger partial charge in [0.05, 0.1) is 16.9 Å². The first-order valence-corrected chi connectivity index (χ1v) is 6.49. The van der Waals surface area contributed by atoms with Gasteiger partial charge in [0.15, 0.2) is 0 Å². The van der Waals surface area contributed by atoms with Crippen molar-refractivity contribution >= 4 is 28.7 Å². The van der Waals surface area contributed by atoms with Crippen molar-refractivity contribution in [2.24, 2.45) is 0 Å². The summed E-state index contributed by atoms with van der Waals surface area (Å²) in [6.07, 6.45) is 0.920. The number of aromatic carboxylic acids is 1. The van der Waals surface area contributed by atoms with Crippen LogP contribution in [0.2, 0.25) is 0 Å². The van der Waals surface area contributed by atoms with Crippen LogP contribution in [0.4, 0.5) is 11.4 Å². The zero-order valence-electron chi connectivity index (χ0n) is 9.72. The predicted molar refractivity (Wildman–Crippen MR) is 74.3 cm³/mol. The zero-order chi connectivity index (χ0) is 13.0. The van der Waals surface area contributed by atoms with Gasteiger partial charge < -0.3 is 16.2 Å². The first kappa shape index (κ1) is 12.4. The minimum absolute atomic E-state index is 0.205. The second-order valence-corrected chi connectivity index (χ2v) is 4.70. The van der Waals surface area contributed by atoms with Crippen molar-refractivity contribution in [2.45, 2.75) is 6.42 Å². The van der Waals surface area contributed by atoms with Crippen LogP contribution in [-0.4, -0.2) is 17.6 Å². The number of anilines is 2. The third-order valence-electron chi connectivity index (χ3n) is 2.61. The Morgan fingerprint density at radius 1 is 1.39 bits per heavy atom. The lowest BCUT2D eigenvalue weighted by atomic mass is 10.1. The predicted octanol–water partition coefficient (Wildman–Crippen LogP) is 2.68. The van der Waals surface area contributed by atoms with Gasteiger partial charge in [-0.3, -0.25) is 0 Å². The van der Waals surface area contributed by atoms with E-state index in [4.69, 9.17) is 10.8 Å². The van der Waals surface area contributed by atoms with Crippen molar-refractivity contribution in [2.75, 3.05) is 17.6 Å². The largest absolute Gasteiger partial charge is 0.478 e. The fourth-order valence-electron chi connectivity index (χ4n) is 1.63. The summed E-state index contributed by atoms with van der Waals surface area (Å²) in [4.78, 5) is 10.8. The molecular weight excluding hydrogens is 248 g/mol. The molecule has 0 atom stereocenters. The molecule has 94 valence electrons. The highest BCUT2D eigenvalue weighted by Crippen LogP contribution is 2.20. The molecule has 1 aromatic heterocycles. The molecule has 0 amide bonds. The average Bonchev–Trinajstić information content (AvgIpc) is 2.84. The molecule has 0 saturated carbocycles. The topological polar surface area (TPSA) is 75.4 Å². The van der Waals surface area contributed by atoms with Crippen LogP contribution in [0.3, 0.4) is 0 Å². The Kier molecular flexibility index (Phi) is 3.84. The Labute approximate surface area is 109 Å². The van der Waals surface area contributed by atoms with Crippen molar-refractivity contribution in [3.63, 3.8) is 0 Å². The van der Waals surface area contributed by atoms with Crippen molar-refractivity contribution in [3.05, 3.63) is 46.2 Å². The monoisotopic (exact) mass is 262 g/mol. The number of hydrogen-bond donors (Lipinski definition) is 3. The van der Waals surface area contributed by atoms with E-state index in [-0.39, 0.29) is 5.56 Å². The molecule has 1 aromatic carbocycles. The third kappa shape index (κ3) is 3.01.